The molecule has 0 bridgehead atoms. The van der Waals surface area contributed by atoms with Gasteiger partial charge < -0.3 is 10.6 Å². The number of nitrogens with one attached hydrogen (secondary N) is 2. The molecule has 0 fully saturated rings. The zero-order valence-electron chi connectivity index (χ0n) is 15.7. The van der Waals surface area contributed by atoms with Gasteiger partial charge in [-0.15, -0.1) is 0 Å². The molecule has 2 rings (SSSR count). The Labute approximate surface area is 161 Å². The highest BCUT2D eigenvalue weighted by Gasteiger charge is 2.33. The summed E-state index contributed by atoms with van der Waals surface area (Å²) >= 11 is 0. The molecule has 0 heterocycles. The van der Waals surface area contributed by atoms with Gasteiger partial charge in [-0.2, -0.15) is 18.4 Å². The molecule has 146 valence electrons. The van der Waals surface area contributed by atoms with Crippen LogP contribution in [-0.4, -0.2) is 5.91 Å². The number of para-hydroxylation sites is 2. The molecule has 2 aromatic carbocycles. The van der Waals surface area contributed by atoms with E-state index in [4.69, 9.17) is 0 Å². The molecule has 0 aromatic heterocycles. The lowest BCUT2D eigenvalue weighted by Gasteiger charge is -2.22. The van der Waals surface area contributed by atoms with Crippen molar-refractivity contribution in [3.63, 3.8) is 0 Å². The summed E-state index contributed by atoms with van der Waals surface area (Å²) in [6, 6.07) is 13.7. The minimum absolute atomic E-state index is 0.182. The largest absolute Gasteiger partial charge is 0.418 e. The molecule has 0 aliphatic carbocycles. The van der Waals surface area contributed by atoms with E-state index in [1.807, 2.05) is 32.9 Å². The van der Waals surface area contributed by atoms with Crippen LogP contribution in [0, 0.1) is 11.3 Å². The maximum Gasteiger partial charge on any atom is 0.418 e. The highest BCUT2D eigenvalue weighted by molar-refractivity contribution is 6.07. The summed E-state index contributed by atoms with van der Waals surface area (Å²) in [6.07, 6.45) is -3.43. The molecule has 0 atom stereocenters. The Balaban J connectivity index is 2.26. The number of halogens is 3. The number of nitrogens with zero attached hydrogens (tertiary/aromatic N) is 1. The molecule has 2 aromatic rings. The molecular weight excluding hydrogens is 367 g/mol. The first-order chi connectivity index (χ1) is 13.0. The Morgan fingerprint density at radius 3 is 2.04 bits per heavy atom. The number of nitriles is 1. The monoisotopic (exact) mass is 387 g/mol. The second-order valence-corrected chi connectivity index (χ2v) is 7.11. The predicted molar refractivity (Wildman–Crippen MR) is 103 cm³/mol. The average Bonchev–Trinajstić information content (AvgIpc) is 2.61. The van der Waals surface area contributed by atoms with Crippen LogP contribution in [0.15, 0.2) is 60.3 Å². The number of rotatable bonds is 4. The Bertz CT molecular complexity index is 935. The van der Waals surface area contributed by atoms with Gasteiger partial charge in [0.05, 0.1) is 11.3 Å². The van der Waals surface area contributed by atoms with Crippen molar-refractivity contribution in [2.24, 2.45) is 0 Å². The highest BCUT2D eigenvalue weighted by Crippen LogP contribution is 2.34. The van der Waals surface area contributed by atoms with E-state index >= 15 is 0 Å². The van der Waals surface area contributed by atoms with E-state index in [1.54, 1.807) is 18.2 Å². The number of carbonyl (C=O) groups excluding carboxylic acids is 1. The zero-order chi connectivity index (χ0) is 20.9. The minimum atomic E-state index is -4.62. The lowest BCUT2D eigenvalue weighted by molar-refractivity contribution is -0.137. The second-order valence-electron chi connectivity index (χ2n) is 7.11. The quantitative estimate of drug-likeness (QED) is 0.541. The third-order valence-electron chi connectivity index (χ3n) is 3.95. The van der Waals surface area contributed by atoms with Gasteiger partial charge in [-0.05, 0) is 29.2 Å². The number of carbonyl (C=O) groups is 1. The van der Waals surface area contributed by atoms with Crippen molar-refractivity contribution in [1.29, 1.82) is 5.26 Å². The summed E-state index contributed by atoms with van der Waals surface area (Å²) in [7, 11) is 0. The number of hydrogen-bond donors (Lipinski definition) is 2. The Kier molecular flexibility index (Phi) is 6.14. The van der Waals surface area contributed by atoms with Crippen molar-refractivity contribution in [3.8, 4) is 6.07 Å². The molecule has 0 saturated heterocycles. The molecule has 28 heavy (non-hydrogen) atoms. The summed E-state index contributed by atoms with van der Waals surface area (Å²) in [4.78, 5) is 12.3. The van der Waals surface area contributed by atoms with Crippen molar-refractivity contribution in [1.82, 2.24) is 0 Å². The molecule has 2 N–H and O–H groups in total. The van der Waals surface area contributed by atoms with Crippen LogP contribution in [0.2, 0.25) is 0 Å². The van der Waals surface area contributed by atoms with E-state index < -0.39 is 23.3 Å². The van der Waals surface area contributed by atoms with Crippen LogP contribution in [0.4, 0.5) is 24.5 Å². The van der Waals surface area contributed by atoms with E-state index in [9.17, 15) is 23.2 Å². The van der Waals surface area contributed by atoms with Crippen LogP contribution in [0.1, 0.15) is 31.9 Å². The van der Waals surface area contributed by atoms with Gasteiger partial charge in [0.2, 0.25) is 0 Å². The molecule has 1 amide bonds. The third kappa shape index (κ3) is 5.13. The van der Waals surface area contributed by atoms with Crippen LogP contribution < -0.4 is 10.6 Å². The number of hydrogen-bond acceptors (Lipinski definition) is 3. The summed E-state index contributed by atoms with van der Waals surface area (Å²) in [5.74, 6) is -0.931. The normalized spacial score (nSPS) is 12.2. The van der Waals surface area contributed by atoms with Gasteiger partial charge in [-0.1, -0.05) is 51.1 Å². The van der Waals surface area contributed by atoms with Crippen LogP contribution in [-0.2, 0) is 16.4 Å². The summed E-state index contributed by atoms with van der Waals surface area (Å²) < 4.78 is 39.2. The van der Waals surface area contributed by atoms with E-state index in [2.05, 4.69) is 10.6 Å². The van der Waals surface area contributed by atoms with Gasteiger partial charge in [0.15, 0.2) is 0 Å². The number of amides is 1. The maximum absolute atomic E-state index is 13.1. The van der Waals surface area contributed by atoms with Crippen LogP contribution in [0.5, 0.6) is 0 Å². The number of benzene rings is 2. The second kappa shape index (κ2) is 8.17. The number of alkyl halides is 3. The predicted octanol–water partition coefficient (Wildman–Crippen LogP) is 5.46. The van der Waals surface area contributed by atoms with Gasteiger partial charge in [0.1, 0.15) is 11.6 Å². The van der Waals surface area contributed by atoms with E-state index in [1.165, 1.54) is 18.3 Å². The van der Waals surface area contributed by atoms with E-state index in [-0.39, 0.29) is 11.0 Å². The minimum Gasteiger partial charge on any atom is -0.360 e. The van der Waals surface area contributed by atoms with Gasteiger partial charge in [-0.3, -0.25) is 4.79 Å². The van der Waals surface area contributed by atoms with Crippen molar-refractivity contribution >= 4 is 17.3 Å². The Morgan fingerprint density at radius 2 is 1.50 bits per heavy atom. The zero-order valence-corrected chi connectivity index (χ0v) is 15.7. The molecule has 0 aliphatic heterocycles. The van der Waals surface area contributed by atoms with Crippen molar-refractivity contribution < 1.29 is 18.0 Å². The molecule has 0 spiro atoms. The lowest BCUT2D eigenvalue weighted by Crippen LogP contribution is -2.18. The molecule has 7 heteroatoms. The topological polar surface area (TPSA) is 64.9 Å². The third-order valence-corrected chi connectivity index (χ3v) is 3.95. The molecule has 0 saturated carbocycles. The summed E-state index contributed by atoms with van der Waals surface area (Å²) in [5, 5.41) is 14.3. The van der Waals surface area contributed by atoms with Gasteiger partial charge >= 0.3 is 6.18 Å². The standard InChI is InChI=1S/C21H20F3N3O/c1-20(2,3)15-8-4-6-10-17(15)26-13-14(12-25)19(28)27-18-11-7-5-9-16(18)21(22,23)24/h4-11,13,26H,1-3H3,(H,27,28)/b14-13-. The molecule has 0 radical (unpaired) electrons. The van der Waals surface area contributed by atoms with E-state index in [0.29, 0.717) is 5.69 Å². The SMILES string of the molecule is CC(C)(C)c1ccccc1N/C=C(/C#N)C(=O)Nc1ccccc1C(F)(F)F. The first-order valence-corrected chi connectivity index (χ1v) is 8.48. The van der Waals surface area contributed by atoms with Crippen LogP contribution in [0.25, 0.3) is 0 Å². The Hall–Kier alpha value is -3.27. The van der Waals surface area contributed by atoms with Gasteiger partial charge in [-0.25, -0.2) is 0 Å². The van der Waals surface area contributed by atoms with Crippen molar-refractivity contribution in [2.45, 2.75) is 32.4 Å². The van der Waals surface area contributed by atoms with Gasteiger partial charge in [0.25, 0.3) is 5.91 Å². The smallest absolute Gasteiger partial charge is 0.360 e. The first kappa shape index (κ1) is 21.0. The fourth-order valence-electron chi connectivity index (χ4n) is 2.59. The van der Waals surface area contributed by atoms with Crippen LogP contribution in [0.3, 0.4) is 0 Å². The van der Waals surface area contributed by atoms with Gasteiger partial charge in [0, 0.05) is 11.9 Å². The lowest BCUT2D eigenvalue weighted by atomic mass is 9.86. The first-order valence-electron chi connectivity index (χ1n) is 8.48. The summed E-state index contributed by atoms with van der Waals surface area (Å²) in [6.45, 7) is 6.05. The molecule has 4 nitrogen and oxygen atoms in total. The fourth-order valence-corrected chi connectivity index (χ4v) is 2.59. The van der Waals surface area contributed by atoms with Crippen molar-refractivity contribution in [3.05, 3.63) is 71.4 Å². The molecular formula is C21H20F3N3O. The molecule has 0 aliphatic rings. The average molecular weight is 387 g/mol. The van der Waals surface area contributed by atoms with Crippen LogP contribution >= 0.6 is 0 Å². The summed E-state index contributed by atoms with van der Waals surface area (Å²) in [5.41, 5.74) is -0.251. The number of anilines is 2. The molecule has 0 unspecified atom stereocenters. The highest BCUT2D eigenvalue weighted by atomic mass is 19.4. The van der Waals surface area contributed by atoms with E-state index in [0.717, 1.165) is 17.7 Å². The fraction of sp³-hybridized carbons (Fsp3) is 0.238. The maximum atomic E-state index is 13.1. The van der Waals surface area contributed by atoms with Crippen molar-refractivity contribution in [2.75, 3.05) is 10.6 Å². The Morgan fingerprint density at radius 1 is 0.964 bits per heavy atom.